The minimum atomic E-state index is -0.328. The van der Waals surface area contributed by atoms with Gasteiger partial charge in [0.05, 0.1) is 6.33 Å². The predicted molar refractivity (Wildman–Crippen MR) is 107 cm³/mol. The number of fused-ring (bicyclic) bond motifs is 1. The predicted octanol–water partition coefficient (Wildman–Crippen LogP) is 2.97. The lowest BCUT2D eigenvalue weighted by molar-refractivity contribution is 0.594. The molecule has 3 aromatic rings. The third-order valence-corrected chi connectivity index (χ3v) is 6.06. The molecular formula is C18H21ClN4O2S. The molecule has 0 bridgehead atoms. The van der Waals surface area contributed by atoms with E-state index in [1.165, 1.54) is 9.13 Å². The van der Waals surface area contributed by atoms with Gasteiger partial charge >= 0.3 is 5.69 Å². The number of imidazole rings is 1. The molecular weight excluding hydrogens is 372 g/mol. The second kappa shape index (κ2) is 7.72. The fourth-order valence-corrected chi connectivity index (χ4v) is 4.37. The number of benzene rings is 1. The van der Waals surface area contributed by atoms with Crippen LogP contribution in [-0.4, -0.2) is 24.4 Å². The van der Waals surface area contributed by atoms with Crippen molar-refractivity contribution in [2.24, 2.45) is 14.1 Å². The average Bonchev–Trinajstić information content (AvgIpc) is 3.01. The number of thioether (sulfide) groups is 1. The van der Waals surface area contributed by atoms with Crippen LogP contribution >= 0.6 is 23.4 Å². The van der Waals surface area contributed by atoms with Crippen LogP contribution in [0.25, 0.3) is 11.2 Å². The van der Waals surface area contributed by atoms with E-state index in [0.717, 1.165) is 22.8 Å². The summed E-state index contributed by atoms with van der Waals surface area (Å²) in [5, 5.41) is 1.02. The van der Waals surface area contributed by atoms with Crippen molar-refractivity contribution in [3.05, 3.63) is 62.0 Å². The molecule has 0 unspecified atom stereocenters. The standard InChI is InChI=1S/C18H21ClN4O2S/c1-12(13-7-4-5-8-14(13)19)26-10-6-9-23-17(24)15-16(20-11-21(15)2)22(3)18(23)25/h4-5,7-8,11-12H,6,9-10H2,1-3H3/t12-/m1/s1. The van der Waals surface area contributed by atoms with Crippen LogP contribution in [0.1, 0.15) is 24.2 Å². The van der Waals surface area contributed by atoms with Crippen molar-refractivity contribution >= 4 is 34.5 Å². The van der Waals surface area contributed by atoms with Gasteiger partial charge in [0.15, 0.2) is 11.2 Å². The van der Waals surface area contributed by atoms with Gasteiger partial charge in [-0.15, -0.1) is 0 Å². The number of hydrogen-bond acceptors (Lipinski definition) is 4. The maximum absolute atomic E-state index is 12.6. The van der Waals surface area contributed by atoms with Gasteiger partial charge in [0.25, 0.3) is 5.56 Å². The Labute approximate surface area is 160 Å². The van der Waals surface area contributed by atoms with Crippen molar-refractivity contribution in [1.82, 2.24) is 18.7 Å². The van der Waals surface area contributed by atoms with E-state index in [-0.39, 0.29) is 16.5 Å². The van der Waals surface area contributed by atoms with Crippen molar-refractivity contribution < 1.29 is 0 Å². The highest BCUT2D eigenvalue weighted by molar-refractivity contribution is 7.99. The lowest BCUT2D eigenvalue weighted by Gasteiger charge is -2.13. The van der Waals surface area contributed by atoms with Gasteiger partial charge in [-0.05, 0) is 30.7 Å². The molecule has 6 nitrogen and oxygen atoms in total. The van der Waals surface area contributed by atoms with Crippen molar-refractivity contribution in [2.45, 2.75) is 25.1 Å². The van der Waals surface area contributed by atoms with Crippen LogP contribution in [0, 0.1) is 0 Å². The maximum Gasteiger partial charge on any atom is 0.332 e. The minimum absolute atomic E-state index is 0.253. The van der Waals surface area contributed by atoms with Gasteiger partial charge in [-0.1, -0.05) is 29.8 Å². The highest BCUT2D eigenvalue weighted by Crippen LogP contribution is 2.33. The Morgan fingerprint density at radius 2 is 1.96 bits per heavy atom. The lowest BCUT2D eigenvalue weighted by atomic mass is 10.2. The monoisotopic (exact) mass is 392 g/mol. The summed E-state index contributed by atoms with van der Waals surface area (Å²) in [6.07, 6.45) is 2.27. The van der Waals surface area contributed by atoms with E-state index in [4.69, 9.17) is 11.6 Å². The summed E-state index contributed by atoms with van der Waals surface area (Å²) >= 11 is 8.00. The molecule has 0 saturated carbocycles. The maximum atomic E-state index is 12.6. The third-order valence-electron chi connectivity index (χ3n) is 4.44. The van der Waals surface area contributed by atoms with Crippen molar-refractivity contribution in [2.75, 3.05) is 5.75 Å². The number of hydrogen-bond donors (Lipinski definition) is 0. The Morgan fingerprint density at radius 1 is 1.23 bits per heavy atom. The highest BCUT2D eigenvalue weighted by atomic mass is 35.5. The molecule has 0 aliphatic rings. The van der Waals surface area contributed by atoms with E-state index in [1.807, 2.05) is 24.3 Å². The second-order valence-electron chi connectivity index (χ2n) is 6.21. The van der Waals surface area contributed by atoms with Gasteiger partial charge in [0, 0.05) is 30.9 Å². The first-order chi connectivity index (χ1) is 12.4. The molecule has 138 valence electrons. The molecule has 0 aliphatic heterocycles. The second-order valence-corrected chi connectivity index (χ2v) is 8.07. The molecule has 26 heavy (non-hydrogen) atoms. The van der Waals surface area contributed by atoms with E-state index >= 15 is 0 Å². The molecule has 0 radical (unpaired) electrons. The van der Waals surface area contributed by atoms with Crippen LogP contribution in [0.5, 0.6) is 0 Å². The zero-order valence-electron chi connectivity index (χ0n) is 15.0. The summed E-state index contributed by atoms with van der Waals surface area (Å²) in [5.41, 5.74) is 1.35. The summed E-state index contributed by atoms with van der Waals surface area (Å²) in [6, 6.07) is 7.81. The number of nitrogens with zero attached hydrogens (tertiary/aromatic N) is 4. The summed E-state index contributed by atoms with van der Waals surface area (Å²) in [5.74, 6) is 0.825. The molecule has 3 rings (SSSR count). The topological polar surface area (TPSA) is 61.8 Å². The molecule has 0 N–H and O–H groups in total. The average molecular weight is 393 g/mol. The van der Waals surface area contributed by atoms with Crippen LogP contribution in [0.2, 0.25) is 5.02 Å². The zero-order valence-corrected chi connectivity index (χ0v) is 16.5. The minimum Gasteiger partial charge on any atom is -0.328 e. The Morgan fingerprint density at radius 3 is 2.69 bits per heavy atom. The molecule has 0 aliphatic carbocycles. The quantitative estimate of drug-likeness (QED) is 0.605. The molecule has 0 saturated heterocycles. The molecule has 0 fully saturated rings. The molecule has 1 aromatic carbocycles. The zero-order chi connectivity index (χ0) is 18.8. The Hall–Kier alpha value is -1.99. The van der Waals surface area contributed by atoms with Gasteiger partial charge in [0.2, 0.25) is 0 Å². The molecule has 0 spiro atoms. The summed E-state index contributed by atoms with van der Waals surface area (Å²) < 4.78 is 4.38. The normalized spacial score (nSPS) is 12.6. The van der Waals surface area contributed by atoms with E-state index in [0.29, 0.717) is 17.7 Å². The third kappa shape index (κ3) is 3.46. The number of aryl methyl sites for hydroxylation is 2. The first-order valence-electron chi connectivity index (χ1n) is 8.38. The number of halogens is 1. The SMILES string of the molecule is C[C@@H](SCCCn1c(=O)c2c(ncn2C)n(C)c1=O)c1ccccc1Cl. The van der Waals surface area contributed by atoms with Crippen LogP contribution in [0.15, 0.2) is 40.2 Å². The molecule has 2 heterocycles. The van der Waals surface area contributed by atoms with Gasteiger partial charge in [0.1, 0.15) is 0 Å². The van der Waals surface area contributed by atoms with E-state index in [2.05, 4.69) is 11.9 Å². The molecule has 1 atom stereocenters. The van der Waals surface area contributed by atoms with Gasteiger partial charge in [-0.3, -0.25) is 13.9 Å². The lowest BCUT2D eigenvalue weighted by Crippen LogP contribution is -2.39. The Kier molecular flexibility index (Phi) is 5.58. The Balaban J connectivity index is 1.71. The highest BCUT2D eigenvalue weighted by Gasteiger charge is 2.15. The summed E-state index contributed by atoms with van der Waals surface area (Å²) in [4.78, 5) is 29.2. The van der Waals surface area contributed by atoms with E-state index in [1.54, 1.807) is 36.8 Å². The van der Waals surface area contributed by atoms with Crippen molar-refractivity contribution in [3.63, 3.8) is 0 Å². The molecule has 2 aromatic heterocycles. The molecule has 8 heteroatoms. The van der Waals surface area contributed by atoms with Gasteiger partial charge in [-0.25, -0.2) is 9.78 Å². The fraction of sp³-hybridized carbons (Fsp3) is 0.389. The van der Waals surface area contributed by atoms with Crippen molar-refractivity contribution in [3.8, 4) is 0 Å². The van der Waals surface area contributed by atoms with Crippen molar-refractivity contribution in [1.29, 1.82) is 0 Å². The number of rotatable bonds is 6. The Bertz CT molecular complexity index is 1050. The smallest absolute Gasteiger partial charge is 0.328 e. The molecule has 0 amide bonds. The van der Waals surface area contributed by atoms with E-state index < -0.39 is 0 Å². The van der Waals surface area contributed by atoms with E-state index in [9.17, 15) is 9.59 Å². The largest absolute Gasteiger partial charge is 0.332 e. The summed E-state index contributed by atoms with van der Waals surface area (Å²) in [7, 11) is 3.40. The first kappa shape index (κ1) is 18.8. The fourth-order valence-electron chi connectivity index (χ4n) is 2.97. The first-order valence-corrected chi connectivity index (χ1v) is 9.81. The van der Waals surface area contributed by atoms with Crippen LogP contribution in [0.3, 0.4) is 0 Å². The van der Waals surface area contributed by atoms with Crippen LogP contribution < -0.4 is 11.2 Å². The van der Waals surface area contributed by atoms with Gasteiger partial charge in [-0.2, -0.15) is 11.8 Å². The van der Waals surface area contributed by atoms with Crippen LogP contribution in [0.4, 0.5) is 0 Å². The summed E-state index contributed by atoms with van der Waals surface area (Å²) in [6.45, 7) is 2.49. The van der Waals surface area contributed by atoms with Gasteiger partial charge < -0.3 is 4.57 Å². The van der Waals surface area contributed by atoms with Crippen LogP contribution in [-0.2, 0) is 20.6 Å². The number of aromatic nitrogens is 4.